The molecule has 1 unspecified atom stereocenters. The van der Waals surface area contributed by atoms with Gasteiger partial charge in [-0.05, 0) is 37.5 Å². The van der Waals surface area contributed by atoms with Crippen LogP contribution in [0.25, 0.3) is 0 Å². The van der Waals surface area contributed by atoms with E-state index in [1.165, 1.54) is 6.07 Å². The number of nitrogens with one attached hydrogen (secondary N) is 1. The van der Waals surface area contributed by atoms with Crippen molar-refractivity contribution in [2.75, 3.05) is 12.3 Å². The summed E-state index contributed by atoms with van der Waals surface area (Å²) in [6.45, 7) is 1.87. The number of hydrogen-bond acceptors (Lipinski definition) is 4. The van der Waals surface area contributed by atoms with Crippen molar-refractivity contribution in [3.8, 4) is 5.75 Å². The van der Waals surface area contributed by atoms with Crippen molar-refractivity contribution in [1.82, 2.24) is 5.32 Å². The molecule has 1 aromatic rings. The third-order valence-electron chi connectivity index (χ3n) is 3.42. The smallest absolute Gasteiger partial charge is 0.251 e. The number of benzene rings is 1. The molecule has 6 heteroatoms. The molecule has 0 bridgehead atoms. The fourth-order valence-corrected chi connectivity index (χ4v) is 3.91. The predicted octanol–water partition coefficient (Wildman–Crippen LogP) is 1.01. The molecule has 1 aromatic carbocycles. The molecule has 19 heavy (non-hydrogen) atoms. The molecule has 1 atom stereocenters. The average Bonchev–Trinajstić information content (AvgIpc) is 2.69. The minimum Gasteiger partial charge on any atom is -0.508 e. The van der Waals surface area contributed by atoms with Gasteiger partial charge < -0.3 is 10.4 Å². The van der Waals surface area contributed by atoms with Crippen LogP contribution in [0, 0.1) is 6.92 Å². The summed E-state index contributed by atoms with van der Waals surface area (Å²) in [5.41, 5.74) is 1.02. The van der Waals surface area contributed by atoms with Gasteiger partial charge in [-0.3, -0.25) is 4.79 Å². The first-order valence-corrected chi connectivity index (χ1v) is 7.91. The van der Waals surface area contributed by atoms with Crippen LogP contribution >= 0.6 is 0 Å². The second kappa shape index (κ2) is 5.21. The van der Waals surface area contributed by atoms with E-state index in [1.54, 1.807) is 19.1 Å². The van der Waals surface area contributed by atoms with Crippen molar-refractivity contribution in [3.05, 3.63) is 29.3 Å². The summed E-state index contributed by atoms with van der Waals surface area (Å²) in [6.07, 6.45) is 1.26. The maximum atomic E-state index is 11.9. The Labute approximate surface area is 112 Å². The Kier molecular flexibility index (Phi) is 3.80. The lowest BCUT2D eigenvalue weighted by molar-refractivity contribution is 0.0953. The summed E-state index contributed by atoms with van der Waals surface area (Å²) in [5, 5.41) is 11.7. The number of carbonyl (C=O) groups excluding carboxylic acids is 1. The fraction of sp³-hybridized carbons (Fsp3) is 0.462. The van der Waals surface area contributed by atoms with Crippen molar-refractivity contribution in [2.45, 2.75) is 25.0 Å². The number of carbonyl (C=O) groups is 1. The Morgan fingerprint density at radius 2 is 2.21 bits per heavy atom. The lowest BCUT2D eigenvalue weighted by Crippen LogP contribution is -2.34. The second-order valence-corrected chi connectivity index (χ2v) is 7.24. The lowest BCUT2D eigenvalue weighted by atomic mass is 10.1. The van der Waals surface area contributed by atoms with Crippen LogP contribution < -0.4 is 5.32 Å². The summed E-state index contributed by atoms with van der Waals surface area (Å²) in [5.74, 6) is -0.0997. The largest absolute Gasteiger partial charge is 0.508 e. The normalized spacial score (nSPS) is 21.2. The van der Waals surface area contributed by atoms with Crippen LogP contribution in [-0.4, -0.2) is 37.0 Å². The Morgan fingerprint density at radius 3 is 2.79 bits per heavy atom. The van der Waals surface area contributed by atoms with E-state index in [9.17, 15) is 18.3 Å². The number of amides is 1. The van der Waals surface area contributed by atoms with Gasteiger partial charge in [0, 0.05) is 12.1 Å². The number of hydrogen-bond donors (Lipinski definition) is 2. The van der Waals surface area contributed by atoms with E-state index in [-0.39, 0.29) is 24.0 Å². The van der Waals surface area contributed by atoms with Gasteiger partial charge in [0.2, 0.25) is 0 Å². The first kappa shape index (κ1) is 13.9. The van der Waals surface area contributed by atoms with E-state index in [1.807, 2.05) is 0 Å². The van der Waals surface area contributed by atoms with E-state index in [4.69, 9.17) is 0 Å². The molecule has 104 valence electrons. The van der Waals surface area contributed by atoms with Gasteiger partial charge in [0.05, 0.1) is 11.0 Å². The van der Waals surface area contributed by atoms with Crippen molar-refractivity contribution in [1.29, 1.82) is 0 Å². The molecule has 0 spiro atoms. The zero-order valence-electron chi connectivity index (χ0n) is 10.7. The summed E-state index contributed by atoms with van der Waals surface area (Å²) >= 11 is 0. The van der Waals surface area contributed by atoms with Gasteiger partial charge in [-0.25, -0.2) is 8.42 Å². The Morgan fingerprint density at radius 1 is 1.47 bits per heavy atom. The summed E-state index contributed by atoms with van der Waals surface area (Å²) < 4.78 is 23.2. The summed E-state index contributed by atoms with van der Waals surface area (Å²) in [6, 6.07) is 4.64. The molecule has 2 N–H and O–H groups in total. The van der Waals surface area contributed by atoms with Crippen molar-refractivity contribution < 1.29 is 18.3 Å². The molecule has 0 saturated carbocycles. The number of rotatable bonds is 3. The average molecular weight is 283 g/mol. The number of phenols is 1. The van der Waals surface area contributed by atoms with Crippen LogP contribution in [0.1, 0.15) is 28.8 Å². The summed E-state index contributed by atoms with van der Waals surface area (Å²) in [4.78, 5) is 11.9. The molecule has 0 aliphatic carbocycles. The fourth-order valence-electron chi connectivity index (χ4n) is 2.15. The van der Waals surface area contributed by atoms with E-state index in [0.29, 0.717) is 24.0 Å². The van der Waals surface area contributed by atoms with E-state index < -0.39 is 15.1 Å². The van der Waals surface area contributed by atoms with E-state index in [0.717, 1.165) is 0 Å². The maximum absolute atomic E-state index is 11.9. The molecule has 1 fully saturated rings. The molecular formula is C13H17NO4S. The number of sulfone groups is 1. The first-order valence-electron chi connectivity index (χ1n) is 6.19. The van der Waals surface area contributed by atoms with Crippen molar-refractivity contribution in [2.24, 2.45) is 0 Å². The standard InChI is InChI=1S/C13H17NO4S/c1-9-4-5-10(7-12(9)15)13(16)14-8-11-3-2-6-19(11,17)18/h4-5,7,11,15H,2-3,6,8H2,1H3,(H,14,16). The van der Waals surface area contributed by atoms with Gasteiger partial charge in [0.15, 0.2) is 9.84 Å². The molecule has 1 aliphatic rings. The predicted molar refractivity (Wildman–Crippen MR) is 72.0 cm³/mol. The second-order valence-electron chi connectivity index (χ2n) is 4.84. The Hall–Kier alpha value is -1.56. The van der Waals surface area contributed by atoms with Crippen LogP contribution in [0.5, 0.6) is 5.75 Å². The number of aryl methyl sites for hydroxylation is 1. The quantitative estimate of drug-likeness (QED) is 0.867. The molecule has 0 aromatic heterocycles. The number of aromatic hydroxyl groups is 1. The highest BCUT2D eigenvalue weighted by molar-refractivity contribution is 7.92. The van der Waals surface area contributed by atoms with Gasteiger partial charge in [0.25, 0.3) is 5.91 Å². The van der Waals surface area contributed by atoms with Crippen molar-refractivity contribution in [3.63, 3.8) is 0 Å². The third-order valence-corrected chi connectivity index (χ3v) is 5.70. The third kappa shape index (κ3) is 3.07. The van der Waals surface area contributed by atoms with Gasteiger partial charge in [0.1, 0.15) is 5.75 Å². The monoisotopic (exact) mass is 283 g/mol. The highest BCUT2D eigenvalue weighted by atomic mass is 32.2. The van der Waals surface area contributed by atoms with Gasteiger partial charge in [-0.2, -0.15) is 0 Å². The van der Waals surface area contributed by atoms with Crippen LogP contribution in [0.15, 0.2) is 18.2 Å². The molecule has 1 saturated heterocycles. The Bertz CT molecular complexity index is 595. The minimum atomic E-state index is -3.04. The van der Waals surface area contributed by atoms with Gasteiger partial charge in [-0.15, -0.1) is 0 Å². The highest BCUT2D eigenvalue weighted by Crippen LogP contribution is 2.20. The minimum absolute atomic E-state index is 0.0566. The van der Waals surface area contributed by atoms with Crippen LogP contribution in [0.4, 0.5) is 0 Å². The van der Waals surface area contributed by atoms with Crippen LogP contribution in [0.2, 0.25) is 0 Å². The molecule has 1 aliphatic heterocycles. The van der Waals surface area contributed by atoms with Crippen LogP contribution in [-0.2, 0) is 9.84 Å². The molecule has 2 rings (SSSR count). The van der Waals surface area contributed by atoms with E-state index >= 15 is 0 Å². The Balaban J connectivity index is 2.00. The highest BCUT2D eigenvalue weighted by Gasteiger charge is 2.31. The van der Waals surface area contributed by atoms with Crippen LogP contribution in [0.3, 0.4) is 0 Å². The topological polar surface area (TPSA) is 83.5 Å². The lowest BCUT2D eigenvalue weighted by Gasteiger charge is -2.11. The zero-order chi connectivity index (χ0) is 14.0. The van der Waals surface area contributed by atoms with E-state index in [2.05, 4.69) is 5.32 Å². The molecule has 0 radical (unpaired) electrons. The van der Waals surface area contributed by atoms with Gasteiger partial charge >= 0.3 is 0 Å². The molecule has 5 nitrogen and oxygen atoms in total. The molecule has 1 heterocycles. The number of phenolic OH excluding ortho intramolecular Hbond substituents is 1. The SMILES string of the molecule is Cc1ccc(C(=O)NCC2CCCS2(=O)=O)cc1O. The maximum Gasteiger partial charge on any atom is 0.251 e. The van der Waals surface area contributed by atoms with Crippen molar-refractivity contribution >= 4 is 15.7 Å². The first-order chi connectivity index (χ1) is 8.90. The molecule has 1 amide bonds. The molecular weight excluding hydrogens is 266 g/mol. The van der Waals surface area contributed by atoms with Gasteiger partial charge in [-0.1, -0.05) is 6.07 Å². The summed E-state index contributed by atoms with van der Waals surface area (Å²) in [7, 11) is -3.04. The zero-order valence-corrected chi connectivity index (χ0v) is 11.5.